The Hall–Kier alpha value is -1.30. The Morgan fingerprint density at radius 1 is 1.10 bits per heavy atom. The molecular weight excluding hydrogens is 363 g/mol. The average molecular weight is 376 g/mol. The van der Waals surface area contributed by atoms with Gasteiger partial charge in [0, 0.05) is 16.1 Å². The number of benzene rings is 2. The van der Waals surface area contributed by atoms with Gasteiger partial charge in [-0.15, -0.1) is 0 Å². The minimum atomic E-state index is -1.20. The van der Waals surface area contributed by atoms with Gasteiger partial charge in [0.15, 0.2) is 0 Å². The van der Waals surface area contributed by atoms with Crippen molar-refractivity contribution in [3.63, 3.8) is 0 Å². The van der Waals surface area contributed by atoms with E-state index in [1.54, 1.807) is 12.1 Å². The number of methoxy groups -OCH3 is 2. The number of aliphatic hydroxyl groups is 1. The molecule has 0 saturated heterocycles. The molecule has 2 aromatic rings. The SMILES string of the molecule is COc1cc(C(O)c2ccc(Cl)cc2F)c(OC)cc1Br. The third-order valence-corrected chi connectivity index (χ3v) is 3.91. The van der Waals surface area contributed by atoms with Crippen molar-refractivity contribution in [2.24, 2.45) is 0 Å². The van der Waals surface area contributed by atoms with Crippen LogP contribution >= 0.6 is 27.5 Å². The van der Waals surface area contributed by atoms with E-state index in [2.05, 4.69) is 15.9 Å². The zero-order valence-corrected chi connectivity index (χ0v) is 13.7. The van der Waals surface area contributed by atoms with Gasteiger partial charge >= 0.3 is 0 Å². The van der Waals surface area contributed by atoms with Crippen LogP contribution in [-0.2, 0) is 0 Å². The summed E-state index contributed by atoms with van der Waals surface area (Å²) >= 11 is 9.06. The quantitative estimate of drug-likeness (QED) is 0.864. The molecule has 0 fully saturated rings. The van der Waals surface area contributed by atoms with Crippen LogP contribution in [0.4, 0.5) is 4.39 Å². The zero-order valence-electron chi connectivity index (χ0n) is 11.4. The van der Waals surface area contributed by atoms with Gasteiger partial charge in [-0.05, 0) is 40.2 Å². The molecule has 0 saturated carbocycles. The monoisotopic (exact) mass is 374 g/mol. The highest BCUT2D eigenvalue weighted by Gasteiger charge is 2.21. The Kier molecular flexibility index (Phi) is 5.08. The smallest absolute Gasteiger partial charge is 0.133 e. The number of aliphatic hydroxyl groups excluding tert-OH is 1. The molecule has 0 spiro atoms. The third kappa shape index (κ3) is 3.31. The van der Waals surface area contributed by atoms with Crippen LogP contribution in [0.1, 0.15) is 17.2 Å². The second-order valence-corrected chi connectivity index (χ2v) is 5.59. The maximum absolute atomic E-state index is 14.0. The van der Waals surface area contributed by atoms with Gasteiger partial charge in [0.25, 0.3) is 0 Å². The predicted molar refractivity (Wildman–Crippen MR) is 82.7 cm³/mol. The van der Waals surface area contributed by atoms with E-state index in [0.29, 0.717) is 21.5 Å². The molecule has 1 atom stereocenters. The van der Waals surface area contributed by atoms with Gasteiger partial charge in [-0.3, -0.25) is 0 Å². The molecule has 1 unspecified atom stereocenters. The molecule has 0 aromatic heterocycles. The number of halogens is 3. The van der Waals surface area contributed by atoms with E-state index in [1.165, 1.54) is 26.4 Å². The summed E-state index contributed by atoms with van der Waals surface area (Å²) in [6.45, 7) is 0. The molecular formula is C15H13BrClFO3. The molecule has 112 valence electrons. The maximum Gasteiger partial charge on any atom is 0.133 e. The highest BCUT2D eigenvalue weighted by molar-refractivity contribution is 9.10. The van der Waals surface area contributed by atoms with Crippen LogP contribution in [0, 0.1) is 5.82 Å². The van der Waals surface area contributed by atoms with Crippen molar-refractivity contribution in [1.82, 2.24) is 0 Å². The first kappa shape index (κ1) is 16.1. The summed E-state index contributed by atoms with van der Waals surface area (Å²) in [5, 5.41) is 10.7. The van der Waals surface area contributed by atoms with Crippen LogP contribution in [0.5, 0.6) is 11.5 Å². The Labute approximate surface area is 135 Å². The van der Waals surface area contributed by atoms with Gasteiger partial charge in [-0.2, -0.15) is 0 Å². The molecule has 0 bridgehead atoms. The molecule has 1 N–H and O–H groups in total. The first-order chi connectivity index (χ1) is 9.97. The summed E-state index contributed by atoms with van der Waals surface area (Å²) in [5.74, 6) is 0.350. The lowest BCUT2D eigenvalue weighted by molar-refractivity contribution is 0.209. The molecule has 3 nitrogen and oxygen atoms in total. The minimum Gasteiger partial charge on any atom is -0.496 e. The highest BCUT2D eigenvalue weighted by Crippen LogP contribution is 2.38. The van der Waals surface area contributed by atoms with E-state index in [-0.39, 0.29) is 10.6 Å². The second kappa shape index (κ2) is 6.64. The molecule has 0 heterocycles. The lowest BCUT2D eigenvalue weighted by atomic mass is 10.00. The van der Waals surface area contributed by atoms with Crippen molar-refractivity contribution in [3.8, 4) is 11.5 Å². The molecule has 0 aliphatic heterocycles. The molecule has 21 heavy (non-hydrogen) atoms. The van der Waals surface area contributed by atoms with Gasteiger partial charge in [0.1, 0.15) is 23.4 Å². The Morgan fingerprint density at radius 3 is 2.33 bits per heavy atom. The summed E-state index contributed by atoms with van der Waals surface area (Å²) in [7, 11) is 2.98. The van der Waals surface area contributed by atoms with Gasteiger partial charge in [-0.25, -0.2) is 4.39 Å². The molecule has 6 heteroatoms. The summed E-state index contributed by atoms with van der Waals surface area (Å²) in [6.07, 6.45) is -1.20. The van der Waals surface area contributed by atoms with E-state index >= 15 is 0 Å². The van der Waals surface area contributed by atoms with E-state index in [1.807, 2.05) is 0 Å². The molecule has 0 amide bonds. The highest BCUT2D eigenvalue weighted by atomic mass is 79.9. The van der Waals surface area contributed by atoms with Crippen molar-refractivity contribution < 1.29 is 19.0 Å². The fourth-order valence-corrected chi connectivity index (χ4v) is 2.63. The van der Waals surface area contributed by atoms with Crippen molar-refractivity contribution in [3.05, 3.63) is 56.8 Å². The number of ether oxygens (including phenoxy) is 2. The van der Waals surface area contributed by atoms with Gasteiger partial charge < -0.3 is 14.6 Å². The number of hydrogen-bond acceptors (Lipinski definition) is 3. The number of rotatable bonds is 4. The van der Waals surface area contributed by atoms with Gasteiger partial charge in [-0.1, -0.05) is 17.7 Å². The van der Waals surface area contributed by atoms with Crippen molar-refractivity contribution >= 4 is 27.5 Å². The molecule has 0 aliphatic rings. The molecule has 0 aliphatic carbocycles. The molecule has 2 rings (SSSR count). The van der Waals surface area contributed by atoms with Crippen LogP contribution in [0.2, 0.25) is 5.02 Å². The first-order valence-electron chi connectivity index (χ1n) is 6.02. The molecule has 2 aromatic carbocycles. The van der Waals surface area contributed by atoms with Crippen LogP contribution in [0.3, 0.4) is 0 Å². The second-order valence-electron chi connectivity index (χ2n) is 4.30. The Balaban J connectivity index is 2.53. The van der Waals surface area contributed by atoms with Crippen LogP contribution in [0.25, 0.3) is 0 Å². The minimum absolute atomic E-state index is 0.113. The van der Waals surface area contributed by atoms with Crippen LogP contribution in [0.15, 0.2) is 34.8 Å². The van der Waals surface area contributed by atoms with Crippen molar-refractivity contribution in [1.29, 1.82) is 0 Å². The van der Waals surface area contributed by atoms with E-state index in [4.69, 9.17) is 21.1 Å². The van der Waals surface area contributed by atoms with Crippen molar-refractivity contribution in [2.75, 3.05) is 14.2 Å². The van der Waals surface area contributed by atoms with Gasteiger partial charge in [0.05, 0.1) is 18.7 Å². The Morgan fingerprint density at radius 2 is 1.76 bits per heavy atom. The zero-order chi connectivity index (χ0) is 15.6. The van der Waals surface area contributed by atoms with E-state index in [0.717, 1.165) is 6.07 Å². The van der Waals surface area contributed by atoms with Crippen LogP contribution in [-0.4, -0.2) is 19.3 Å². The standard InChI is InChI=1S/C15H13BrClFO3/c1-20-13-7-11(16)14(21-2)6-10(13)15(19)9-4-3-8(17)5-12(9)18/h3-7,15,19H,1-2H3. The summed E-state index contributed by atoms with van der Waals surface area (Å²) in [6, 6.07) is 7.37. The Bertz CT molecular complexity index is 664. The van der Waals surface area contributed by atoms with Crippen molar-refractivity contribution in [2.45, 2.75) is 6.10 Å². The summed E-state index contributed by atoms with van der Waals surface area (Å²) in [5.41, 5.74) is 0.515. The lowest BCUT2D eigenvalue weighted by Crippen LogP contribution is -2.05. The fourth-order valence-electron chi connectivity index (χ4n) is 1.99. The predicted octanol–water partition coefficient (Wildman–Crippen LogP) is 4.34. The fraction of sp³-hybridized carbons (Fsp3) is 0.200. The van der Waals surface area contributed by atoms with Crippen LogP contribution < -0.4 is 9.47 Å². The summed E-state index contributed by atoms with van der Waals surface area (Å²) < 4.78 is 25.1. The van der Waals surface area contributed by atoms with E-state index in [9.17, 15) is 9.50 Å². The normalized spacial score (nSPS) is 12.1. The maximum atomic E-state index is 14.0. The number of hydrogen-bond donors (Lipinski definition) is 1. The lowest BCUT2D eigenvalue weighted by Gasteiger charge is -2.18. The van der Waals surface area contributed by atoms with Gasteiger partial charge in [0.2, 0.25) is 0 Å². The first-order valence-corrected chi connectivity index (χ1v) is 7.19. The molecule has 0 radical (unpaired) electrons. The largest absolute Gasteiger partial charge is 0.496 e. The summed E-state index contributed by atoms with van der Waals surface area (Å²) in [4.78, 5) is 0. The third-order valence-electron chi connectivity index (χ3n) is 3.06. The van der Waals surface area contributed by atoms with E-state index < -0.39 is 11.9 Å². The topological polar surface area (TPSA) is 38.7 Å². The average Bonchev–Trinajstić information content (AvgIpc) is 2.46.